The van der Waals surface area contributed by atoms with Crippen molar-refractivity contribution in [3.05, 3.63) is 53.5 Å². The molecule has 4 heterocycles. The predicted molar refractivity (Wildman–Crippen MR) is 137 cm³/mol. The third-order valence-electron chi connectivity index (χ3n) is 7.14. The van der Waals surface area contributed by atoms with Crippen LogP contribution in [0.2, 0.25) is 0 Å². The first-order valence-corrected chi connectivity index (χ1v) is 12.8. The van der Waals surface area contributed by atoms with Crippen LogP contribution >= 0.6 is 0 Å². The van der Waals surface area contributed by atoms with Gasteiger partial charge in [0.1, 0.15) is 22.8 Å². The third-order valence-corrected chi connectivity index (χ3v) is 7.14. The number of pyridine rings is 1. The molecule has 1 atom stereocenters. The van der Waals surface area contributed by atoms with Gasteiger partial charge in [0.05, 0.1) is 30.5 Å². The van der Waals surface area contributed by atoms with E-state index >= 15 is 4.39 Å². The molecular weight excluding hydrogens is 789 g/mol. The zero-order chi connectivity index (χ0) is 28.6. The fourth-order valence-corrected chi connectivity index (χ4v) is 5.09. The first-order valence-electron chi connectivity index (χ1n) is 12.8. The van der Waals surface area contributed by atoms with Gasteiger partial charge >= 0.3 is 144 Å². The van der Waals surface area contributed by atoms with Gasteiger partial charge < -0.3 is 34.4 Å². The van der Waals surface area contributed by atoms with Gasteiger partial charge in [0.15, 0.2) is 0 Å². The maximum atomic E-state index is 15.1. The van der Waals surface area contributed by atoms with Crippen molar-refractivity contribution in [2.75, 3.05) is 20.3 Å². The molecule has 1 saturated heterocycles. The number of carbonyl (C=O) groups is 3. The molecule has 3 aromatic heterocycles. The van der Waals surface area contributed by atoms with E-state index in [1.807, 2.05) is 25.1 Å². The second-order valence-electron chi connectivity index (χ2n) is 10.0. The normalized spacial score (nSPS) is 15.7. The van der Waals surface area contributed by atoms with Gasteiger partial charge in [0, 0.05) is 42.6 Å². The van der Waals surface area contributed by atoms with Crippen LogP contribution < -0.4 is 158 Å². The van der Waals surface area contributed by atoms with E-state index in [2.05, 4.69) is 16.0 Å². The van der Waals surface area contributed by atoms with Crippen LogP contribution in [0, 0.1) is 24.6 Å². The maximum Gasteiger partial charge on any atom is 1.00 e. The molecule has 6 rings (SSSR count). The number of rotatable bonds is 7. The molecule has 0 bridgehead atoms. The Kier molecular flexibility index (Phi) is 13.4. The Hall–Kier alpha value is -0.506. The molecule has 1 amide bonds. The number of aromatic nitrogens is 3. The maximum absolute atomic E-state index is 15.1. The minimum atomic E-state index is -2.33. The molecule has 4 aromatic rings. The number of hydrogen-bond donors (Lipinski definition) is 1. The molecule has 1 aliphatic heterocycles. The fraction of sp³-hybridized carbons (Fsp3) is 0.357. The summed E-state index contributed by atoms with van der Waals surface area (Å²) in [4.78, 5) is 31.9. The number of amides is 1. The number of para-hydroxylation sites is 1. The number of halogens is 1. The molecule has 1 unspecified atom stereocenters. The topological polar surface area (TPSA) is 150 Å². The van der Waals surface area contributed by atoms with Crippen LogP contribution in [-0.4, -0.2) is 52.5 Å². The summed E-state index contributed by atoms with van der Waals surface area (Å²) in [6.07, 6.45) is 1.97. The number of hydrogen-bond acceptors (Lipinski definition) is 8. The van der Waals surface area contributed by atoms with Crippen molar-refractivity contribution in [3.63, 3.8) is 0 Å². The molecule has 11 nitrogen and oxygen atoms in total. The third kappa shape index (κ3) is 8.20. The summed E-state index contributed by atoms with van der Waals surface area (Å²) in [5.74, 6) is 0.401. The molecule has 210 valence electrons. The van der Waals surface area contributed by atoms with Gasteiger partial charge in [0.25, 0.3) is 0 Å². The average molecular weight is 816 g/mol. The minimum Gasteiger partial charge on any atom is -0.652 e. The Balaban J connectivity index is 0.000000760. The molecule has 0 radical (unpaired) electrons. The first kappa shape index (κ1) is 36.0. The van der Waals surface area contributed by atoms with Crippen molar-refractivity contribution in [1.29, 1.82) is 0 Å². The molecular formula is C28H27Cs2FN4O7. The van der Waals surface area contributed by atoms with Crippen LogP contribution in [0.1, 0.15) is 35.2 Å². The smallest absolute Gasteiger partial charge is 0.652 e. The van der Waals surface area contributed by atoms with E-state index in [1.54, 1.807) is 0 Å². The van der Waals surface area contributed by atoms with Crippen molar-refractivity contribution in [2.45, 2.75) is 32.7 Å². The molecule has 2 aliphatic rings. The van der Waals surface area contributed by atoms with Gasteiger partial charge in [-0.3, -0.25) is 4.79 Å². The molecule has 14 heteroatoms. The predicted octanol–water partition coefficient (Wildman–Crippen LogP) is -4.32. The van der Waals surface area contributed by atoms with Crippen LogP contribution in [0.4, 0.5) is 9.18 Å². The van der Waals surface area contributed by atoms with Crippen molar-refractivity contribution >= 4 is 34.5 Å². The quantitative estimate of drug-likeness (QED) is 0.184. The van der Waals surface area contributed by atoms with Crippen molar-refractivity contribution in [2.24, 2.45) is 11.8 Å². The van der Waals surface area contributed by atoms with Crippen LogP contribution in [-0.2, 0) is 16.1 Å². The van der Waals surface area contributed by atoms with Gasteiger partial charge in [-0.1, -0.05) is 12.1 Å². The number of methoxy groups -OCH3 is 1. The van der Waals surface area contributed by atoms with E-state index in [9.17, 15) is 9.59 Å². The minimum absolute atomic E-state index is 0. The van der Waals surface area contributed by atoms with E-state index in [-0.39, 0.29) is 155 Å². The molecule has 1 saturated carbocycles. The molecule has 1 aliphatic carbocycles. The Morgan fingerprint density at radius 3 is 2.48 bits per heavy atom. The van der Waals surface area contributed by atoms with Crippen LogP contribution in [0.25, 0.3) is 27.8 Å². The van der Waals surface area contributed by atoms with Crippen molar-refractivity contribution in [3.8, 4) is 17.1 Å². The number of aryl methyl sites for hydroxylation is 1. The SMILES string of the molecule is COC(=O)c1cc(F)c2c(C)c(-c3cc4cccc(OCC5CNC(=O)C5)c4n3CC3CC3)nn2c1.O=C([O-])[O-].[Cs+].[Cs+]. The number of esters is 1. The Bertz CT molecular complexity index is 1630. The summed E-state index contributed by atoms with van der Waals surface area (Å²) in [7, 11) is 1.27. The second kappa shape index (κ2) is 15.7. The van der Waals surface area contributed by atoms with E-state index in [1.165, 1.54) is 36.7 Å². The number of nitrogens with one attached hydrogen (secondary N) is 1. The van der Waals surface area contributed by atoms with E-state index in [0.717, 1.165) is 28.9 Å². The monoisotopic (exact) mass is 816 g/mol. The van der Waals surface area contributed by atoms with Crippen LogP contribution in [0.3, 0.4) is 0 Å². The van der Waals surface area contributed by atoms with E-state index in [4.69, 9.17) is 29.6 Å². The van der Waals surface area contributed by atoms with Gasteiger partial charge in [0.2, 0.25) is 5.91 Å². The summed E-state index contributed by atoms with van der Waals surface area (Å²) in [6.45, 7) is 3.74. The zero-order valence-corrected chi connectivity index (χ0v) is 36.5. The molecule has 1 N–H and O–H groups in total. The van der Waals surface area contributed by atoms with Crippen molar-refractivity contribution < 1.29 is 176 Å². The zero-order valence-electron chi connectivity index (χ0n) is 23.9. The Morgan fingerprint density at radius 1 is 1.14 bits per heavy atom. The molecule has 0 spiro atoms. The largest absolute Gasteiger partial charge is 1.00 e. The summed E-state index contributed by atoms with van der Waals surface area (Å²) in [5.41, 5.74) is 3.64. The molecule has 2 fully saturated rings. The van der Waals surface area contributed by atoms with Crippen LogP contribution in [0.15, 0.2) is 36.5 Å². The number of ether oxygens (including phenoxy) is 2. The summed E-state index contributed by atoms with van der Waals surface area (Å²) in [5, 5.41) is 25.2. The van der Waals surface area contributed by atoms with Crippen LogP contribution in [0.5, 0.6) is 5.75 Å². The van der Waals surface area contributed by atoms with E-state index < -0.39 is 17.9 Å². The Morgan fingerprint density at radius 2 is 1.86 bits per heavy atom. The summed E-state index contributed by atoms with van der Waals surface area (Å²) < 4.78 is 29.7. The number of carboxylic acid groups (broad SMARTS) is 2. The van der Waals surface area contributed by atoms with Gasteiger partial charge in [-0.2, -0.15) is 5.10 Å². The standard InChI is InChI=1S/C27H27FN4O4.CH2O3.2Cs/c1-15-24(30-32-13-19(27(34)35-2)9-20(28)25(15)32)21-10-18-4-3-5-22(26(18)31(21)12-16-6-7-16)36-14-17-8-23(33)29-11-17;2-1(3)4;;/h3-5,9-10,13,16-17H,6-8,11-12,14H2,1-2H3,(H,29,33);(H2,2,3,4);;/q;;2*+1/p-2. The van der Waals surface area contributed by atoms with Gasteiger partial charge in [-0.05, 0) is 50.0 Å². The average Bonchev–Trinajstić information content (AvgIpc) is 3.37. The van der Waals surface area contributed by atoms with Gasteiger partial charge in [-0.15, -0.1) is 0 Å². The number of nitrogens with zero attached hydrogens (tertiary/aromatic N) is 3. The summed E-state index contributed by atoms with van der Waals surface area (Å²) >= 11 is 0. The van der Waals surface area contributed by atoms with E-state index in [0.29, 0.717) is 42.3 Å². The second-order valence-corrected chi connectivity index (χ2v) is 10.0. The molecule has 42 heavy (non-hydrogen) atoms. The first-order chi connectivity index (χ1) is 19.2. The fourth-order valence-electron chi connectivity index (χ4n) is 5.09. The Labute approximate surface area is 358 Å². The molecule has 1 aromatic carbocycles. The van der Waals surface area contributed by atoms with Crippen molar-refractivity contribution in [1.82, 2.24) is 19.5 Å². The van der Waals surface area contributed by atoms with Gasteiger partial charge in [-0.25, -0.2) is 13.7 Å². The number of benzene rings is 1. The number of fused-ring (bicyclic) bond motifs is 2. The summed E-state index contributed by atoms with van der Waals surface area (Å²) in [6, 6.07) is 9.21. The number of carbonyl (C=O) groups excluding carboxylic acids is 3.